The van der Waals surface area contributed by atoms with Gasteiger partial charge in [0.1, 0.15) is 5.82 Å². The molecule has 0 aliphatic carbocycles. The summed E-state index contributed by atoms with van der Waals surface area (Å²) in [5.74, 6) is -0.172. The van der Waals surface area contributed by atoms with Gasteiger partial charge in [-0.1, -0.05) is 0 Å². The van der Waals surface area contributed by atoms with Crippen LogP contribution in [0.1, 0.15) is 12.5 Å². The Hall–Kier alpha value is -1.09. The Morgan fingerprint density at radius 2 is 2.36 bits per heavy atom. The average molecular weight is 194 g/mol. The second-order valence-corrected chi connectivity index (χ2v) is 3.78. The normalized spacial score (nSPS) is 20.8. The Labute approximate surface area is 83.5 Å². The molecule has 14 heavy (non-hydrogen) atoms. The minimum Gasteiger partial charge on any atom is -0.370 e. The maximum absolute atomic E-state index is 13.0. The number of benzene rings is 1. The summed E-state index contributed by atoms with van der Waals surface area (Å²) in [6, 6.07) is 5.08. The van der Waals surface area contributed by atoms with Crippen LogP contribution in [-0.2, 0) is 6.42 Å². The first kappa shape index (κ1) is 9.46. The molecule has 0 bridgehead atoms. The van der Waals surface area contributed by atoms with E-state index in [1.54, 1.807) is 6.07 Å². The van der Waals surface area contributed by atoms with Crippen molar-refractivity contribution in [3.05, 3.63) is 29.6 Å². The van der Waals surface area contributed by atoms with Gasteiger partial charge in [-0.15, -0.1) is 0 Å². The lowest BCUT2D eigenvalue weighted by Crippen LogP contribution is -2.43. The molecule has 2 rings (SSSR count). The zero-order valence-corrected chi connectivity index (χ0v) is 8.33. The summed E-state index contributed by atoms with van der Waals surface area (Å²) >= 11 is 0. The standard InChI is InChI=1S/C11H15FN2/c1-2-14-7-10(13)6-8-5-9(12)3-4-11(8)14/h3-5,10H,2,6-7,13H2,1H3. The Kier molecular flexibility index (Phi) is 2.42. The maximum atomic E-state index is 13.0. The van der Waals surface area contributed by atoms with Crippen LogP contribution in [-0.4, -0.2) is 19.1 Å². The highest BCUT2D eigenvalue weighted by molar-refractivity contribution is 5.56. The molecule has 1 unspecified atom stereocenters. The van der Waals surface area contributed by atoms with Crippen LogP contribution in [0.15, 0.2) is 18.2 Å². The molecule has 1 atom stereocenters. The highest BCUT2D eigenvalue weighted by Crippen LogP contribution is 2.26. The van der Waals surface area contributed by atoms with Crippen LogP contribution in [0.4, 0.5) is 10.1 Å². The Bertz CT molecular complexity index is 338. The lowest BCUT2D eigenvalue weighted by molar-refractivity contribution is 0.591. The first-order valence-electron chi connectivity index (χ1n) is 4.99. The van der Waals surface area contributed by atoms with Crippen LogP contribution >= 0.6 is 0 Å². The fourth-order valence-electron chi connectivity index (χ4n) is 2.05. The van der Waals surface area contributed by atoms with Gasteiger partial charge < -0.3 is 10.6 Å². The molecule has 1 aliphatic heterocycles. The maximum Gasteiger partial charge on any atom is 0.123 e. The van der Waals surface area contributed by atoms with Crippen molar-refractivity contribution in [3.63, 3.8) is 0 Å². The number of likely N-dealkylation sites (N-methyl/N-ethyl adjacent to an activating group) is 1. The van der Waals surface area contributed by atoms with Crippen molar-refractivity contribution in [1.82, 2.24) is 0 Å². The number of hydrogen-bond acceptors (Lipinski definition) is 2. The minimum absolute atomic E-state index is 0.129. The summed E-state index contributed by atoms with van der Waals surface area (Å²) in [7, 11) is 0. The molecule has 0 radical (unpaired) electrons. The highest BCUT2D eigenvalue weighted by Gasteiger charge is 2.20. The molecule has 1 heterocycles. The highest BCUT2D eigenvalue weighted by atomic mass is 19.1. The van der Waals surface area contributed by atoms with Crippen molar-refractivity contribution in [2.75, 3.05) is 18.0 Å². The Balaban J connectivity index is 2.40. The molecule has 2 N–H and O–H groups in total. The largest absolute Gasteiger partial charge is 0.370 e. The number of fused-ring (bicyclic) bond motifs is 1. The first-order valence-corrected chi connectivity index (χ1v) is 4.99. The number of nitrogens with two attached hydrogens (primary N) is 1. The molecular weight excluding hydrogens is 179 g/mol. The van der Waals surface area contributed by atoms with Crippen molar-refractivity contribution in [3.8, 4) is 0 Å². The van der Waals surface area contributed by atoms with E-state index >= 15 is 0 Å². The molecule has 3 heteroatoms. The predicted octanol–water partition coefficient (Wildman–Crippen LogP) is 1.54. The van der Waals surface area contributed by atoms with Gasteiger partial charge in [0.2, 0.25) is 0 Å². The number of halogens is 1. The van der Waals surface area contributed by atoms with E-state index in [2.05, 4.69) is 11.8 Å². The lowest BCUT2D eigenvalue weighted by atomic mass is 9.98. The van der Waals surface area contributed by atoms with Crippen LogP contribution in [0.25, 0.3) is 0 Å². The SMILES string of the molecule is CCN1CC(N)Cc2cc(F)ccc21. The van der Waals surface area contributed by atoms with Gasteiger partial charge in [0.05, 0.1) is 0 Å². The van der Waals surface area contributed by atoms with E-state index in [0.717, 1.165) is 30.8 Å². The molecule has 1 aromatic carbocycles. The molecule has 1 aromatic rings. The zero-order valence-electron chi connectivity index (χ0n) is 8.33. The monoisotopic (exact) mass is 194 g/mol. The number of anilines is 1. The van der Waals surface area contributed by atoms with E-state index in [4.69, 9.17) is 5.73 Å². The molecule has 1 aliphatic rings. The van der Waals surface area contributed by atoms with Crippen molar-refractivity contribution >= 4 is 5.69 Å². The van der Waals surface area contributed by atoms with Gasteiger partial charge in [0, 0.05) is 24.8 Å². The number of rotatable bonds is 1. The third-order valence-electron chi connectivity index (χ3n) is 2.70. The van der Waals surface area contributed by atoms with Gasteiger partial charge >= 0.3 is 0 Å². The summed E-state index contributed by atoms with van der Waals surface area (Å²) in [6.07, 6.45) is 0.781. The summed E-state index contributed by atoms with van der Waals surface area (Å²) in [5, 5.41) is 0. The fraction of sp³-hybridized carbons (Fsp3) is 0.455. The van der Waals surface area contributed by atoms with Gasteiger partial charge in [0.25, 0.3) is 0 Å². The molecule has 0 amide bonds. The number of nitrogens with zero attached hydrogens (tertiary/aromatic N) is 1. The Morgan fingerprint density at radius 3 is 3.07 bits per heavy atom. The second kappa shape index (κ2) is 3.58. The molecule has 0 aromatic heterocycles. The van der Waals surface area contributed by atoms with Gasteiger partial charge in [-0.05, 0) is 37.1 Å². The third-order valence-corrected chi connectivity index (χ3v) is 2.70. The summed E-state index contributed by atoms with van der Waals surface area (Å²) in [6.45, 7) is 3.88. The third kappa shape index (κ3) is 1.60. The Morgan fingerprint density at radius 1 is 1.57 bits per heavy atom. The van der Waals surface area contributed by atoms with Crippen LogP contribution in [0, 0.1) is 5.82 Å². The van der Waals surface area contributed by atoms with Crippen LogP contribution in [0.3, 0.4) is 0 Å². The topological polar surface area (TPSA) is 29.3 Å². The van der Waals surface area contributed by atoms with Crippen molar-refractivity contribution in [1.29, 1.82) is 0 Å². The lowest BCUT2D eigenvalue weighted by Gasteiger charge is -2.33. The quantitative estimate of drug-likeness (QED) is 0.734. The van der Waals surface area contributed by atoms with E-state index in [1.807, 2.05) is 6.07 Å². The van der Waals surface area contributed by atoms with Crippen LogP contribution in [0.5, 0.6) is 0 Å². The molecule has 0 fully saturated rings. The molecule has 2 nitrogen and oxygen atoms in total. The van der Waals surface area contributed by atoms with E-state index in [1.165, 1.54) is 6.07 Å². The van der Waals surface area contributed by atoms with Crippen LogP contribution < -0.4 is 10.6 Å². The summed E-state index contributed by atoms with van der Waals surface area (Å²) in [5.41, 5.74) is 8.07. The van der Waals surface area contributed by atoms with Crippen molar-refractivity contribution in [2.24, 2.45) is 5.73 Å². The van der Waals surface area contributed by atoms with Crippen LogP contribution in [0.2, 0.25) is 0 Å². The first-order chi connectivity index (χ1) is 6.70. The zero-order chi connectivity index (χ0) is 10.1. The second-order valence-electron chi connectivity index (χ2n) is 3.78. The molecular formula is C11H15FN2. The molecule has 0 saturated carbocycles. The van der Waals surface area contributed by atoms with E-state index < -0.39 is 0 Å². The van der Waals surface area contributed by atoms with Crippen molar-refractivity contribution < 1.29 is 4.39 Å². The summed E-state index contributed by atoms with van der Waals surface area (Å²) in [4.78, 5) is 2.20. The van der Waals surface area contributed by atoms with Gasteiger partial charge in [-0.3, -0.25) is 0 Å². The fourth-order valence-corrected chi connectivity index (χ4v) is 2.05. The minimum atomic E-state index is -0.172. The average Bonchev–Trinajstić information content (AvgIpc) is 2.15. The molecule has 0 saturated heterocycles. The van der Waals surface area contributed by atoms with Gasteiger partial charge in [0.15, 0.2) is 0 Å². The van der Waals surface area contributed by atoms with Gasteiger partial charge in [-0.2, -0.15) is 0 Å². The van der Waals surface area contributed by atoms with Crippen molar-refractivity contribution in [2.45, 2.75) is 19.4 Å². The summed E-state index contributed by atoms with van der Waals surface area (Å²) < 4.78 is 13.0. The predicted molar refractivity (Wildman–Crippen MR) is 56.0 cm³/mol. The van der Waals surface area contributed by atoms with E-state index in [9.17, 15) is 4.39 Å². The smallest absolute Gasteiger partial charge is 0.123 e. The molecule has 0 spiro atoms. The van der Waals surface area contributed by atoms with E-state index in [0.29, 0.717) is 0 Å². The number of hydrogen-bond donors (Lipinski definition) is 1. The van der Waals surface area contributed by atoms with E-state index in [-0.39, 0.29) is 11.9 Å². The molecule has 76 valence electrons. The van der Waals surface area contributed by atoms with Gasteiger partial charge in [-0.25, -0.2) is 4.39 Å².